The average molecular weight is 281 g/mol. The number of nitrogens with zero attached hydrogens (tertiary/aromatic N) is 4. The quantitative estimate of drug-likeness (QED) is 0.853. The number of ether oxygens (including phenoxy) is 1. The van der Waals surface area contributed by atoms with Crippen molar-refractivity contribution in [1.29, 1.82) is 0 Å². The van der Waals surface area contributed by atoms with Gasteiger partial charge in [-0.1, -0.05) is 11.3 Å². The van der Waals surface area contributed by atoms with Gasteiger partial charge in [-0.3, -0.25) is 0 Å². The van der Waals surface area contributed by atoms with Gasteiger partial charge in [-0.2, -0.15) is 4.98 Å². The summed E-state index contributed by atoms with van der Waals surface area (Å²) in [4.78, 5) is 8.35. The van der Waals surface area contributed by atoms with Gasteiger partial charge in [0.2, 0.25) is 5.88 Å². The van der Waals surface area contributed by atoms with Gasteiger partial charge in [0.1, 0.15) is 27.8 Å². The number of hydrogen-bond acceptors (Lipinski definition) is 8. The van der Waals surface area contributed by atoms with Crippen molar-refractivity contribution in [1.82, 2.24) is 20.2 Å². The monoisotopic (exact) mass is 281 g/mol. The molecular weight excluding hydrogens is 266 g/mol. The molecule has 0 fully saturated rings. The zero-order chi connectivity index (χ0) is 13.8. The molecule has 8 heteroatoms. The fourth-order valence-corrected chi connectivity index (χ4v) is 2.13. The third-order valence-corrected chi connectivity index (χ3v) is 3.38. The van der Waals surface area contributed by atoms with Crippen LogP contribution in [0, 0.1) is 6.92 Å². The van der Waals surface area contributed by atoms with Crippen LogP contribution in [0.5, 0.6) is 5.88 Å². The van der Waals surface area contributed by atoms with E-state index in [0.717, 1.165) is 5.01 Å². The minimum Gasteiger partial charge on any atom is -0.481 e. The summed E-state index contributed by atoms with van der Waals surface area (Å²) in [6.07, 6.45) is -0.590. The molecule has 19 heavy (non-hydrogen) atoms. The molecular formula is C11H15N5O2S. The first-order chi connectivity index (χ1) is 9.08. The number of aromatic nitrogens is 4. The minimum absolute atomic E-state index is 0.490. The van der Waals surface area contributed by atoms with Crippen LogP contribution >= 0.6 is 11.3 Å². The van der Waals surface area contributed by atoms with Crippen LogP contribution in [0.1, 0.15) is 28.9 Å². The summed E-state index contributed by atoms with van der Waals surface area (Å²) in [7, 11) is 1.56. The molecule has 0 saturated carbocycles. The molecule has 0 spiro atoms. The number of hydrogen-bond donors (Lipinski definition) is 2. The zero-order valence-electron chi connectivity index (χ0n) is 10.9. The van der Waals surface area contributed by atoms with Crippen LogP contribution in [0.4, 0.5) is 5.82 Å². The fraction of sp³-hybridized carbons (Fsp3) is 0.455. The van der Waals surface area contributed by atoms with E-state index < -0.39 is 6.10 Å². The van der Waals surface area contributed by atoms with Gasteiger partial charge in [-0.25, -0.2) is 4.98 Å². The Morgan fingerprint density at radius 1 is 1.42 bits per heavy atom. The van der Waals surface area contributed by atoms with Crippen LogP contribution < -0.4 is 10.1 Å². The smallest absolute Gasteiger partial charge is 0.218 e. The van der Waals surface area contributed by atoms with Gasteiger partial charge in [0.15, 0.2) is 0 Å². The van der Waals surface area contributed by atoms with Crippen molar-refractivity contribution < 1.29 is 9.84 Å². The van der Waals surface area contributed by atoms with E-state index in [-0.39, 0.29) is 0 Å². The van der Waals surface area contributed by atoms with E-state index in [2.05, 4.69) is 25.5 Å². The van der Waals surface area contributed by atoms with Crippen LogP contribution in [-0.2, 0) is 6.54 Å². The van der Waals surface area contributed by atoms with Crippen molar-refractivity contribution in [2.24, 2.45) is 0 Å². The average Bonchev–Trinajstić information content (AvgIpc) is 2.84. The lowest BCUT2D eigenvalue weighted by molar-refractivity contribution is 0.198. The van der Waals surface area contributed by atoms with Gasteiger partial charge in [0, 0.05) is 6.07 Å². The Morgan fingerprint density at radius 3 is 2.84 bits per heavy atom. The molecule has 0 aliphatic heterocycles. The molecule has 0 amide bonds. The molecule has 0 radical (unpaired) electrons. The van der Waals surface area contributed by atoms with Gasteiger partial charge in [-0.15, -0.1) is 10.2 Å². The van der Waals surface area contributed by atoms with Crippen molar-refractivity contribution >= 4 is 17.2 Å². The first-order valence-corrected chi connectivity index (χ1v) is 6.54. The summed E-state index contributed by atoms with van der Waals surface area (Å²) >= 11 is 1.36. The molecule has 2 heterocycles. The highest BCUT2D eigenvalue weighted by Gasteiger charge is 2.09. The normalized spacial score (nSPS) is 12.2. The predicted molar refractivity (Wildman–Crippen MR) is 71.2 cm³/mol. The molecule has 2 N–H and O–H groups in total. The lowest BCUT2D eigenvalue weighted by atomic mass is 10.4. The number of aliphatic hydroxyl groups excluding tert-OH is 1. The SMILES string of the molecule is COc1cc(NCc2nnc(C(C)O)s2)nc(C)n1. The van der Waals surface area contributed by atoms with Crippen LogP contribution in [0.25, 0.3) is 0 Å². The molecule has 0 saturated heterocycles. The summed E-state index contributed by atoms with van der Waals surface area (Å²) in [5.41, 5.74) is 0. The maximum Gasteiger partial charge on any atom is 0.218 e. The topological polar surface area (TPSA) is 93.0 Å². The van der Waals surface area contributed by atoms with Crippen molar-refractivity contribution in [3.8, 4) is 5.88 Å². The minimum atomic E-state index is -0.590. The number of aliphatic hydroxyl groups is 1. The third-order valence-electron chi connectivity index (χ3n) is 2.28. The largest absolute Gasteiger partial charge is 0.481 e. The summed E-state index contributed by atoms with van der Waals surface area (Å²) in [6.45, 7) is 3.95. The second-order valence-corrected chi connectivity index (χ2v) is 5.00. The molecule has 0 aliphatic rings. The van der Waals surface area contributed by atoms with E-state index >= 15 is 0 Å². The molecule has 7 nitrogen and oxygen atoms in total. The Kier molecular flexibility index (Phi) is 4.23. The highest BCUT2D eigenvalue weighted by atomic mass is 32.1. The van der Waals surface area contributed by atoms with Crippen molar-refractivity contribution in [3.05, 3.63) is 21.9 Å². The molecule has 0 bridgehead atoms. The molecule has 2 rings (SSSR count). The van der Waals surface area contributed by atoms with Crippen molar-refractivity contribution in [2.75, 3.05) is 12.4 Å². The highest BCUT2D eigenvalue weighted by molar-refractivity contribution is 7.11. The van der Waals surface area contributed by atoms with Gasteiger partial charge < -0.3 is 15.2 Å². The van der Waals surface area contributed by atoms with Gasteiger partial charge >= 0.3 is 0 Å². The predicted octanol–water partition coefficient (Wildman–Crippen LogP) is 1.31. The summed E-state index contributed by atoms with van der Waals surface area (Å²) < 4.78 is 5.07. The number of rotatable bonds is 5. The molecule has 0 aromatic carbocycles. The Labute approximate surface area is 114 Å². The summed E-state index contributed by atoms with van der Waals surface area (Å²) in [6, 6.07) is 1.71. The van der Waals surface area contributed by atoms with Crippen LogP contribution in [0.2, 0.25) is 0 Å². The second kappa shape index (κ2) is 5.89. The van der Waals surface area contributed by atoms with Gasteiger partial charge in [0.05, 0.1) is 13.7 Å². The maximum absolute atomic E-state index is 9.38. The van der Waals surface area contributed by atoms with Gasteiger partial charge in [0.25, 0.3) is 0 Å². The number of methoxy groups -OCH3 is 1. The van der Waals surface area contributed by atoms with E-state index in [1.165, 1.54) is 11.3 Å². The zero-order valence-corrected chi connectivity index (χ0v) is 11.7. The number of nitrogens with one attached hydrogen (secondary N) is 1. The molecule has 1 atom stereocenters. The van der Waals surface area contributed by atoms with E-state index in [4.69, 9.17) is 4.74 Å². The van der Waals surface area contributed by atoms with Crippen LogP contribution in [0.3, 0.4) is 0 Å². The van der Waals surface area contributed by atoms with E-state index in [0.29, 0.717) is 29.1 Å². The lowest BCUT2D eigenvalue weighted by Gasteiger charge is -2.06. The standard InChI is InChI=1S/C11H15N5O2S/c1-6(17)11-16-15-10(19-11)5-12-8-4-9(18-3)14-7(2)13-8/h4,6,17H,5H2,1-3H3,(H,12,13,14). The van der Waals surface area contributed by atoms with Crippen LogP contribution in [0.15, 0.2) is 6.07 Å². The summed E-state index contributed by atoms with van der Waals surface area (Å²) in [5.74, 6) is 1.80. The molecule has 2 aromatic rings. The van der Waals surface area contributed by atoms with Crippen LogP contribution in [-0.4, -0.2) is 32.4 Å². The Morgan fingerprint density at radius 2 is 2.21 bits per heavy atom. The Hall–Kier alpha value is -1.80. The maximum atomic E-state index is 9.38. The van der Waals surface area contributed by atoms with E-state index in [9.17, 15) is 5.11 Å². The Balaban J connectivity index is 2.03. The molecule has 1 unspecified atom stereocenters. The number of aryl methyl sites for hydroxylation is 1. The first-order valence-electron chi connectivity index (χ1n) is 5.72. The summed E-state index contributed by atoms with van der Waals surface area (Å²) in [5, 5.41) is 21.8. The fourth-order valence-electron chi connectivity index (χ4n) is 1.41. The molecule has 2 aromatic heterocycles. The first kappa shape index (κ1) is 13.6. The van der Waals surface area contributed by atoms with Crippen molar-refractivity contribution in [3.63, 3.8) is 0 Å². The van der Waals surface area contributed by atoms with Gasteiger partial charge in [-0.05, 0) is 13.8 Å². The van der Waals surface area contributed by atoms with E-state index in [1.54, 1.807) is 27.0 Å². The lowest BCUT2D eigenvalue weighted by Crippen LogP contribution is -2.03. The van der Waals surface area contributed by atoms with E-state index in [1.807, 2.05) is 0 Å². The second-order valence-electron chi connectivity index (χ2n) is 3.91. The van der Waals surface area contributed by atoms with Crippen molar-refractivity contribution in [2.45, 2.75) is 26.5 Å². The third kappa shape index (κ3) is 3.58. The molecule has 102 valence electrons. The molecule has 0 aliphatic carbocycles. The Bertz CT molecular complexity index is 558. The highest BCUT2D eigenvalue weighted by Crippen LogP contribution is 2.19. The number of anilines is 1.